The second-order valence-electron chi connectivity index (χ2n) is 9.01. The van der Waals surface area contributed by atoms with Gasteiger partial charge in [-0.05, 0) is 68.2 Å². The average Bonchev–Trinajstić information content (AvgIpc) is 3.18. The second kappa shape index (κ2) is 9.65. The average molecular weight is 424 g/mol. The topological polar surface area (TPSA) is 14.2 Å². The highest BCUT2D eigenvalue weighted by molar-refractivity contribution is 5.72. The number of hydrogen-bond acceptors (Lipinski definition) is 1. The number of rotatable bonds is 8. The maximum absolute atomic E-state index is 6.07. The fourth-order valence-corrected chi connectivity index (χ4v) is 5.18. The minimum absolute atomic E-state index is 0.360. The van der Waals surface area contributed by atoms with Crippen molar-refractivity contribution in [2.24, 2.45) is 5.92 Å². The highest BCUT2D eigenvalue weighted by Gasteiger charge is 2.22. The molecule has 1 heterocycles. The van der Waals surface area contributed by atoms with Crippen LogP contribution in [-0.4, -0.2) is 11.2 Å². The molecule has 0 bridgehead atoms. The van der Waals surface area contributed by atoms with Crippen LogP contribution in [0.3, 0.4) is 0 Å². The van der Waals surface area contributed by atoms with Gasteiger partial charge in [-0.1, -0.05) is 67.3 Å². The highest BCUT2D eigenvalue weighted by atomic mass is 16.5. The number of unbranched alkanes of at least 4 members (excludes halogenated alkanes) is 1. The lowest BCUT2D eigenvalue weighted by atomic mass is 9.88. The minimum atomic E-state index is 0.360. The SMILES string of the molecule is C=C(c1ccccc1)C1C=CC(OCCCCn2c3c(c4c2CCC=C4)C=CCC3)=CC1. The number of fused-ring (bicyclic) bond motifs is 3. The van der Waals surface area contributed by atoms with Crippen molar-refractivity contribution in [3.63, 3.8) is 0 Å². The lowest BCUT2D eigenvalue weighted by Crippen LogP contribution is -2.10. The molecule has 3 aliphatic carbocycles. The van der Waals surface area contributed by atoms with Gasteiger partial charge in [-0.25, -0.2) is 0 Å². The highest BCUT2D eigenvalue weighted by Crippen LogP contribution is 2.34. The Kier molecular flexibility index (Phi) is 6.29. The van der Waals surface area contributed by atoms with E-state index in [2.05, 4.69) is 77.9 Å². The van der Waals surface area contributed by atoms with Crippen LogP contribution in [0.25, 0.3) is 17.7 Å². The first-order valence-corrected chi connectivity index (χ1v) is 12.1. The van der Waals surface area contributed by atoms with Crippen molar-refractivity contribution in [3.8, 4) is 0 Å². The van der Waals surface area contributed by atoms with Gasteiger partial charge in [0.15, 0.2) is 0 Å². The van der Waals surface area contributed by atoms with Gasteiger partial charge < -0.3 is 9.30 Å². The zero-order valence-electron chi connectivity index (χ0n) is 18.9. The van der Waals surface area contributed by atoms with Crippen LogP contribution >= 0.6 is 0 Å². The largest absolute Gasteiger partial charge is 0.494 e. The van der Waals surface area contributed by atoms with Crippen LogP contribution in [0.15, 0.2) is 73.1 Å². The van der Waals surface area contributed by atoms with Crippen molar-refractivity contribution in [2.75, 3.05) is 6.61 Å². The van der Waals surface area contributed by atoms with Crippen LogP contribution in [0.1, 0.15) is 60.2 Å². The van der Waals surface area contributed by atoms with E-state index in [4.69, 9.17) is 4.74 Å². The Balaban J connectivity index is 1.10. The van der Waals surface area contributed by atoms with Gasteiger partial charge in [0, 0.05) is 35.0 Å². The van der Waals surface area contributed by atoms with E-state index in [1.54, 1.807) is 11.4 Å². The minimum Gasteiger partial charge on any atom is -0.494 e. The van der Waals surface area contributed by atoms with Crippen LogP contribution in [-0.2, 0) is 24.1 Å². The molecule has 5 rings (SSSR count). The van der Waals surface area contributed by atoms with Crippen LogP contribution in [0, 0.1) is 5.92 Å². The third-order valence-electron chi connectivity index (χ3n) is 6.93. The number of hydrogen-bond donors (Lipinski definition) is 0. The second-order valence-corrected chi connectivity index (χ2v) is 9.01. The van der Waals surface area contributed by atoms with Crippen LogP contribution in [0.2, 0.25) is 0 Å². The third-order valence-corrected chi connectivity index (χ3v) is 6.93. The quantitative estimate of drug-likeness (QED) is 0.404. The molecule has 0 saturated heterocycles. The summed E-state index contributed by atoms with van der Waals surface area (Å²) in [5, 5.41) is 0. The van der Waals surface area contributed by atoms with Crippen LogP contribution < -0.4 is 0 Å². The van der Waals surface area contributed by atoms with E-state index in [9.17, 15) is 0 Å². The maximum Gasteiger partial charge on any atom is 0.115 e. The Morgan fingerprint density at radius 1 is 0.938 bits per heavy atom. The first-order valence-electron chi connectivity index (χ1n) is 12.1. The van der Waals surface area contributed by atoms with Gasteiger partial charge in [-0.15, -0.1) is 0 Å². The molecule has 1 aromatic heterocycles. The molecule has 3 aliphatic rings. The molecular weight excluding hydrogens is 390 g/mol. The smallest absolute Gasteiger partial charge is 0.115 e. The lowest BCUT2D eigenvalue weighted by Gasteiger charge is -2.19. The summed E-state index contributed by atoms with van der Waals surface area (Å²) >= 11 is 0. The standard InChI is InChI=1S/C30H33NO/c1-23(24-11-3-2-4-12-24)25-17-19-26(20-18-25)32-22-10-9-21-31-29-15-7-5-13-27(29)28-14-6-8-16-30(28)31/h2-6,11-14,17,19-20,25H,1,7-10,15-16,18,21-22H2. The number of aromatic nitrogens is 1. The van der Waals surface area contributed by atoms with E-state index < -0.39 is 0 Å². The van der Waals surface area contributed by atoms with Crippen molar-refractivity contribution in [3.05, 3.63) is 101 Å². The first kappa shape index (κ1) is 20.9. The van der Waals surface area contributed by atoms with Gasteiger partial charge >= 0.3 is 0 Å². The maximum atomic E-state index is 6.07. The number of benzene rings is 1. The molecule has 0 spiro atoms. The summed E-state index contributed by atoms with van der Waals surface area (Å²) in [6.07, 6.45) is 23.8. The van der Waals surface area contributed by atoms with Crippen molar-refractivity contribution in [1.82, 2.24) is 4.57 Å². The Bertz CT molecular complexity index is 1050. The zero-order valence-corrected chi connectivity index (χ0v) is 18.9. The van der Waals surface area contributed by atoms with Gasteiger partial charge in [0.05, 0.1) is 6.61 Å². The monoisotopic (exact) mass is 423 g/mol. The normalized spacial score (nSPS) is 18.8. The van der Waals surface area contributed by atoms with Crippen molar-refractivity contribution < 1.29 is 4.74 Å². The van der Waals surface area contributed by atoms with Crippen molar-refractivity contribution in [2.45, 2.75) is 51.5 Å². The van der Waals surface area contributed by atoms with Gasteiger partial charge in [0.1, 0.15) is 5.76 Å². The van der Waals surface area contributed by atoms with E-state index in [0.29, 0.717) is 5.92 Å². The molecule has 0 radical (unpaired) electrons. The Labute approximate surface area is 192 Å². The predicted molar refractivity (Wildman–Crippen MR) is 135 cm³/mol. The molecule has 32 heavy (non-hydrogen) atoms. The van der Waals surface area contributed by atoms with Crippen LogP contribution in [0.5, 0.6) is 0 Å². The van der Waals surface area contributed by atoms with E-state index in [-0.39, 0.29) is 0 Å². The summed E-state index contributed by atoms with van der Waals surface area (Å²) in [7, 11) is 0. The fraction of sp³-hybridized carbons (Fsp3) is 0.333. The van der Waals surface area contributed by atoms with E-state index in [0.717, 1.165) is 38.2 Å². The first-order chi connectivity index (χ1) is 15.8. The third kappa shape index (κ3) is 4.32. The molecule has 2 aromatic rings. The van der Waals surface area contributed by atoms with Gasteiger partial charge in [-0.2, -0.15) is 0 Å². The molecule has 1 aromatic carbocycles. The predicted octanol–water partition coefficient (Wildman–Crippen LogP) is 7.38. The summed E-state index contributed by atoms with van der Waals surface area (Å²) in [4.78, 5) is 0. The number of ether oxygens (including phenoxy) is 1. The molecule has 1 unspecified atom stereocenters. The fourth-order valence-electron chi connectivity index (χ4n) is 5.18. The molecule has 0 saturated carbocycles. The molecule has 1 atom stereocenters. The molecule has 0 fully saturated rings. The van der Waals surface area contributed by atoms with Crippen molar-refractivity contribution >= 4 is 17.7 Å². The number of nitrogens with zero attached hydrogens (tertiary/aromatic N) is 1. The Morgan fingerprint density at radius 2 is 1.66 bits per heavy atom. The summed E-state index contributed by atoms with van der Waals surface area (Å²) in [6.45, 7) is 6.20. The lowest BCUT2D eigenvalue weighted by molar-refractivity contribution is 0.213. The Hall–Kier alpha value is -3.00. The summed E-state index contributed by atoms with van der Waals surface area (Å²) in [6, 6.07) is 10.5. The van der Waals surface area contributed by atoms with Crippen molar-refractivity contribution in [1.29, 1.82) is 0 Å². The molecule has 0 amide bonds. The molecule has 0 N–H and O–H groups in total. The summed E-state index contributed by atoms with van der Waals surface area (Å²) < 4.78 is 8.70. The zero-order chi connectivity index (χ0) is 21.8. The molecule has 0 aliphatic heterocycles. The van der Waals surface area contributed by atoms with Crippen LogP contribution in [0.4, 0.5) is 0 Å². The molecular formula is C30H33NO. The summed E-state index contributed by atoms with van der Waals surface area (Å²) in [5.74, 6) is 1.37. The van der Waals surface area contributed by atoms with E-state index in [1.165, 1.54) is 47.9 Å². The van der Waals surface area contributed by atoms with Gasteiger partial charge in [0.2, 0.25) is 0 Å². The van der Waals surface area contributed by atoms with E-state index >= 15 is 0 Å². The number of allylic oxidation sites excluding steroid dienone is 6. The molecule has 2 nitrogen and oxygen atoms in total. The van der Waals surface area contributed by atoms with E-state index in [1.807, 2.05) is 6.07 Å². The Morgan fingerprint density at radius 3 is 2.31 bits per heavy atom. The molecule has 2 heteroatoms. The molecule has 164 valence electrons. The summed E-state index contributed by atoms with van der Waals surface area (Å²) in [5.41, 5.74) is 8.45. The van der Waals surface area contributed by atoms with Gasteiger partial charge in [0.25, 0.3) is 0 Å². The van der Waals surface area contributed by atoms with Gasteiger partial charge in [-0.3, -0.25) is 0 Å².